The monoisotopic (exact) mass is 360 g/mol. The number of benzene rings is 1. The van der Waals surface area contributed by atoms with Crippen LogP contribution in [0.15, 0.2) is 36.5 Å². The van der Waals surface area contributed by atoms with Gasteiger partial charge in [0, 0.05) is 17.9 Å². The predicted octanol–water partition coefficient (Wildman–Crippen LogP) is 3.12. The molecular weight excluding hydrogens is 336 g/mol. The lowest BCUT2D eigenvalue weighted by atomic mass is 9.86. The normalized spacial score (nSPS) is 19.6. The van der Waals surface area contributed by atoms with Gasteiger partial charge in [0.25, 0.3) is 0 Å². The molecule has 0 aliphatic carbocycles. The molecule has 2 aromatic rings. The van der Waals surface area contributed by atoms with E-state index in [9.17, 15) is 8.42 Å². The molecule has 1 atom stereocenters. The number of para-hydroxylation sites is 1. The number of anilines is 3. The van der Waals surface area contributed by atoms with Gasteiger partial charge in [0.1, 0.15) is 5.82 Å². The highest BCUT2D eigenvalue weighted by molar-refractivity contribution is 7.91. The Morgan fingerprint density at radius 2 is 1.92 bits per heavy atom. The fourth-order valence-corrected chi connectivity index (χ4v) is 4.65. The zero-order valence-electron chi connectivity index (χ0n) is 14.8. The van der Waals surface area contributed by atoms with Crippen molar-refractivity contribution in [1.82, 2.24) is 9.97 Å². The average Bonchev–Trinajstić information content (AvgIpc) is 2.86. The number of hydrogen-bond acceptors (Lipinski definition) is 6. The van der Waals surface area contributed by atoms with E-state index in [1.807, 2.05) is 18.2 Å². The van der Waals surface area contributed by atoms with Gasteiger partial charge in [-0.2, -0.15) is 4.98 Å². The smallest absolute Gasteiger partial charge is 0.224 e. The largest absolute Gasteiger partial charge is 0.350 e. The zero-order valence-corrected chi connectivity index (χ0v) is 15.6. The van der Waals surface area contributed by atoms with Crippen LogP contribution in [0.25, 0.3) is 0 Å². The maximum atomic E-state index is 11.6. The molecule has 0 radical (unpaired) electrons. The van der Waals surface area contributed by atoms with E-state index in [2.05, 4.69) is 47.4 Å². The van der Waals surface area contributed by atoms with Gasteiger partial charge in [-0.25, -0.2) is 13.4 Å². The summed E-state index contributed by atoms with van der Waals surface area (Å²) in [6.45, 7) is 6.50. The van der Waals surface area contributed by atoms with Crippen molar-refractivity contribution < 1.29 is 8.42 Å². The van der Waals surface area contributed by atoms with Crippen LogP contribution in [-0.4, -0.2) is 35.9 Å². The highest BCUT2D eigenvalue weighted by Crippen LogP contribution is 2.31. The molecule has 7 heteroatoms. The summed E-state index contributed by atoms with van der Waals surface area (Å²) in [5, 5.41) is 6.48. The summed E-state index contributed by atoms with van der Waals surface area (Å²) >= 11 is 0. The summed E-state index contributed by atoms with van der Waals surface area (Å²) in [7, 11) is -2.93. The Morgan fingerprint density at radius 1 is 1.16 bits per heavy atom. The van der Waals surface area contributed by atoms with Crippen molar-refractivity contribution in [2.24, 2.45) is 0 Å². The highest BCUT2D eigenvalue weighted by Gasteiger charge is 2.28. The maximum absolute atomic E-state index is 11.6. The van der Waals surface area contributed by atoms with E-state index in [1.54, 1.807) is 12.3 Å². The van der Waals surface area contributed by atoms with E-state index >= 15 is 0 Å². The van der Waals surface area contributed by atoms with Gasteiger partial charge in [-0.15, -0.1) is 0 Å². The molecule has 0 saturated carbocycles. The first-order valence-corrected chi connectivity index (χ1v) is 10.2. The Hall–Kier alpha value is -2.15. The molecule has 1 aromatic heterocycles. The summed E-state index contributed by atoms with van der Waals surface area (Å²) in [6, 6.07) is 9.82. The van der Waals surface area contributed by atoms with Crippen LogP contribution in [0.3, 0.4) is 0 Å². The SMILES string of the molecule is CC(C)(C)c1ccccc1Nc1ccnc(NC2CCS(=O)(=O)C2)n1. The van der Waals surface area contributed by atoms with E-state index in [-0.39, 0.29) is 23.0 Å². The predicted molar refractivity (Wildman–Crippen MR) is 101 cm³/mol. The van der Waals surface area contributed by atoms with Crippen LogP contribution in [0.2, 0.25) is 0 Å². The second-order valence-electron chi connectivity index (χ2n) is 7.43. The molecule has 1 aliphatic rings. The van der Waals surface area contributed by atoms with E-state index in [4.69, 9.17) is 0 Å². The van der Waals surface area contributed by atoms with Crippen LogP contribution in [0.5, 0.6) is 0 Å². The third-order valence-electron chi connectivity index (χ3n) is 4.22. The molecule has 1 unspecified atom stereocenters. The van der Waals surface area contributed by atoms with Crippen molar-refractivity contribution in [3.63, 3.8) is 0 Å². The lowest BCUT2D eigenvalue weighted by Crippen LogP contribution is -2.22. The Kier molecular flexibility index (Phi) is 4.69. The molecule has 1 aromatic carbocycles. The minimum absolute atomic E-state index is 0.00983. The summed E-state index contributed by atoms with van der Waals surface area (Å²) in [5.41, 5.74) is 2.21. The Bertz CT molecular complexity index is 859. The minimum atomic E-state index is -2.93. The number of nitrogens with one attached hydrogen (secondary N) is 2. The standard InChI is InChI=1S/C18H24N4O2S/c1-18(2,3)14-6-4-5-7-15(14)21-16-8-10-19-17(22-16)20-13-9-11-25(23,24)12-13/h4-8,10,13H,9,11-12H2,1-3H3,(H2,19,20,21,22). The van der Waals surface area contributed by atoms with Crippen LogP contribution in [0.4, 0.5) is 17.5 Å². The molecular formula is C18H24N4O2S. The van der Waals surface area contributed by atoms with Crippen molar-refractivity contribution in [2.45, 2.75) is 38.6 Å². The fraction of sp³-hybridized carbons (Fsp3) is 0.444. The van der Waals surface area contributed by atoms with Crippen LogP contribution in [0, 0.1) is 0 Å². The molecule has 3 rings (SSSR count). The molecule has 1 saturated heterocycles. The van der Waals surface area contributed by atoms with Crippen LogP contribution >= 0.6 is 0 Å². The average molecular weight is 360 g/mol. The number of hydrogen-bond donors (Lipinski definition) is 2. The van der Waals surface area contributed by atoms with Crippen LogP contribution in [-0.2, 0) is 15.3 Å². The molecule has 6 nitrogen and oxygen atoms in total. The second-order valence-corrected chi connectivity index (χ2v) is 9.66. The van der Waals surface area contributed by atoms with Crippen LogP contribution < -0.4 is 10.6 Å². The minimum Gasteiger partial charge on any atom is -0.350 e. The van der Waals surface area contributed by atoms with Gasteiger partial charge in [-0.3, -0.25) is 0 Å². The van der Waals surface area contributed by atoms with Gasteiger partial charge in [0.2, 0.25) is 5.95 Å². The second kappa shape index (κ2) is 6.63. The first-order valence-electron chi connectivity index (χ1n) is 8.39. The van der Waals surface area contributed by atoms with E-state index < -0.39 is 9.84 Å². The third-order valence-corrected chi connectivity index (χ3v) is 5.99. The summed E-state index contributed by atoms with van der Waals surface area (Å²) in [6.07, 6.45) is 2.26. The molecule has 2 heterocycles. The van der Waals surface area contributed by atoms with Gasteiger partial charge >= 0.3 is 0 Å². The van der Waals surface area contributed by atoms with Crippen molar-refractivity contribution in [2.75, 3.05) is 22.1 Å². The lowest BCUT2D eigenvalue weighted by Gasteiger charge is -2.23. The van der Waals surface area contributed by atoms with Gasteiger partial charge in [0.15, 0.2) is 9.84 Å². The number of nitrogens with zero attached hydrogens (tertiary/aromatic N) is 2. The topological polar surface area (TPSA) is 84.0 Å². The summed E-state index contributed by atoms with van der Waals surface area (Å²) in [5.74, 6) is 1.48. The highest BCUT2D eigenvalue weighted by atomic mass is 32.2. The van der Waals surface area contributed by atoms with Gasteiger partial charge in [-0.05, 0) is 29.5 Å². The van der Waals surface area contributed by atoms with Crippen LogP contribution in [0.1, 0.15) is 32.8 Å². The molecule has 0 spiro atoms. The van der Waals surface area contributed by atoms with Crippen molar-refractivity contribution >= 4 is 27.3 Å². The Labute approximate surface area is 149 Å². The van der Waals surface area contributed by atoms with Gasteiger partial charge < -0.3 is 10.6 Å². The van der Waals surface area contributed by atoms with Crippen molar-refractivity contribution in [1.29, 1.82) is 0 Å². The molecule has 0 amide bonds. The molecule has 0 bridgehead atoms. The molecule has 25 heavy (non-hydrogen) atoms. The quantitative estimate of drug-likeness (QED) is 0.871. The number of sulfone groups is 1. The van der Waals surface area contributed by atoms with Gasteiger partial charge in [0.05, 0.1) is 11.5 Å². The zero-order chi connectivity index (χ0) is 18.1. The summed E-state index contributed by atoms with van der Waals surface area (Å²) < 4.78 is 23.2. The van der Waals surface area contributed by atoms with E-state index in [1.165, 1.54) is 5.56 Å². The third kappa shape index (κ3) is 4.48. The van der Waals surface area contributed by atoms with Crippen molar-refractivity contribution in [3.8, 4) is 0 Å². The fourth-order valence-electron chi connectivity index (χ4n) is 2.97. The molecule has 1 fully saturated rings. The molecule has 2 N–H and O–H groups in total. The first-order chi connectivity index (χ1) is 11.7. The molecule has 1 aliphatic heterocycles. The summed E-state index contributed by atoms with van der Waals surface area (Å²) in [4.78, 5) is 8.68. The van der Waals surface area contributed by atoms with Crippen molar-refractivity contribution in [3.05, 3.63) is 42.1 Å². The first kappa shape index (κ1) is 17.7. The number of aromatic nitrogens is 2. The Balaban J connectivity index is 1.77. The maximum Gasteiger partial charge on any atom is 0.224 e. The molecule has 134 valence electrons. The number of rotatable bonds is 4. The van der Waals surface area contributed by atoms with E-state index in [0.717, 1.165) is 5.69 Å². The van der Waals surface area contributed by atoms with E-state index in [0.29, 0.717) is 18.2 Å². The van der Waals surface area contributed by atoms with Gasteiger partial charge in [-0.1, -0.05) is 39.0 Å². The lowest BCUT2D eigenvalue weighted by molar-refractivity contribution is 0.592. The Morgan fingerprint density at radius 3 is 2.60 bits per heavy atom.